The van der Waals surface area contributed by atoms with Gasteiger partial charge < -0.3 is 20.1 Å². The van der Waals surface area contributed by atoms with E-state index in [0.717, 1.165) is 4.47 Å². The Balaban J connectivity index is 2.41. The van der Waals surface area contributed by atoms with E-state index in [1.165, 1.54) is 12.0 Å². The number of amides is 1. The predicted octanol–water partition coefficient (Wildman–Crippen LogP) is 2.65. The molecule has 1 amide bonds. The van der Waals surface area contributed by atoms with E-state index < -0.39 is 5.97 Å². The summed E-state index contributed by atoms with van der Waals surface area (Å²) in [6.45, 7) is 0.0620. The minimum absolute atomic E-state index is 0.0974. The van der Waals surface area contributed by atoms with E-state index in [1.54, 1.807) is 0 Å². The van der Waals surface area contributed by atoms with Gasteiger partial charge in [0.15, 0.2) is 0 Å². The van der Waals surface area contributed by atoms with Crippen molar-refractivity contribution in [3.63, 3.8) is 0 Å². The number of ether oxygens (including phenoxy) is 1. The van der Waals surface area contributed by atoms with Gasteiger partial charge in [0, 0.05) is 20.0 Å². The molecule has 0 saturated carbocycles. The number of aliphatic hydroxyl groups excluding tert-OH is 1. The maximum Gasteiger partial charge on any atom is 0.337 e. The van der Waals surface area contributed by atoms with Crippen molar-refractivity contribution < 1.29 is 19.4 Å². The monoisotopic (exact) mass is 510 g/mol. The normalized spacial score (nSPS) is 14.5. The molecule has 1 heterocycles. The number of methoxy groups -OCH3 is 1. The minimum atomic E-state index is -0.578. The summed E-state index contributed by atoms with van der Waals surface area (Å²) in [4.78, 5) is 25.8. The summed E-state index contributed by atoms with van der Waals surface area (Å²) in [7, 11) is 1.26. The van der Waals surface area contributed by atoms with Gasteiger partial charge in [-0.2, -0.15) is 0 Å². The van der Waals surface area contributed by atoms with Gasteiger partial charge in [-0.05, 0) is 44.0 Å². The van der Waals surface area contributed by atoms with E-state index in [-0.39, 0.29) is 36.9 Å². The minimum Gasteiger partial charge on any atom is -0.466 e. The molecule has 124 valence electrons. The van der Waals surface area contributed by atoms with Crippen molar-refractivity contribution >= 4 is 65.4 Å². The summed E-state index contributed by atoms with van der Waals surface area (Å²) in [5.74, 6) is -0.938. The molecule has 2 N–H and O–H groups in total. The molecule has 0 aromatic heterocycles. The van der Waals surface area contributed by atoms with Gasteiger partial charge in [0.2, 0.25) is 0 Å². The fourth-order valence-corrected chi connectivity index (χ4v) is 4.59. The number of nitrogens with zero attached hydrogens (tertiary/aromatic N) is 1. The zero-order valence-electron chi connectivity index (χ0n) is 12.0. The Kier molecular flexibility index (Phi) is 6.24. The zero-order valence-corrected chi connectivity index (χ0v) is 16.8. The zero-order chi connectivity index (χ0) is 17.1. The number of nitrogens with one attached hydrogen (secondary N) is 1. The number of β-amino-alcohol motifs (C(OH)–C–C–N with tert-alkyl or cyclic N) is 1. The molecule has 6 nitrogen and oxygen atoms in total. The number of halogens is 3. The van der Waals surface area contributed by atoms with Crippen LogP contribution < -0.4 is 5.32 Å². The van der Waals surface area contributed by atoms with Crippen molar-refractivity contribution in [1.29, 1.82) is 0 Å². The lowest BCUT2D eigenvalue weighted by atomic mass is 10.2. The van der Waals surface area contributed by atoms with E-state index >= 15 is 0 Å². The van der Waals surface area contributed by atoms with Crippen LogP contribution in [0.2, 0.25) is 0 Å². The van der Waals surface area contributed by atoms with Crippen molar-refractivity contribution in [3.05, 3.63) is 36.8 Å². The maximum absolute atomic E-state index is 12.5. The van der Waals surface area contributed by atoms with Gasteiger partial charge in [-0.15, -0.1) is 0 Å². The number of benzene rings is 1. The molecule has 0 unspecified atom stereocenters. The first kappa shape index (κ1) is 18.4. The fraction of sp³-hybridized carbons (Fsp3) is 0.286. The highest BCUT2D eigenvalue weighted by Gasteiger charge is 2.34. The molecule has 9 heteroatoms. The average Bonchev–Trinajstić information content (AvgIpc) is 2.79. The fourth-order valence-electron chi connectivity index (χ4n) is 2.14. The van der Waals surface area contributed by atoms with Crippen molar-refractivity contribution in [2.45, 2.75) is 0 Å². The Labute approximate surface area is 158 Å². The Morgan fingerprint density at radius 3 is 2.48 bits per heavy atom. The van der Waals surface area contributed by atoms with Gasteiger partial charge in [0.1, 0.15) is 5.70 Å². The van der Waals surface area contributed by atoms with Crippen LogP contribution in [0.25, 0.3) is 0 Å². The second-order valence-corrected chi connectivity index (χ2v) is 7.29. The lowest BCUT2D eigenvalue weighted by Gasteiger charge is -2.16. The third-order valence-corrected chi connectivity index (χ3v) is 4.92. The van der Waals surface area contributed by atoms with Crippen LogP contribution in [0.15, 0.2) is 36.8 Å². The van der Waals surface area contributed by atoms with Crippen molar-refractivity contribution in [1.82, 2.24) is 4.90 Å². The van der Waals surface area contributed by atoms with E-state index in [4.69, 9.17) is 9.84 Å². The number of carbonyl (C=O) groups excluding carboxylic acids is 2. The standard InChI is InChI=1S/C14H13Br3N2O4/c1-23-14(22)8-6-19(2-3-20)13(21)11(8)18-12-9(16)4-7(15)5-10(12)17/h4-5,18,20H,2-3,6H2,1H3. The maximum atomic E-state index is 12.5. The Morgan fingerprint density at radius 2 is 1.96 bits per heavy atom. The summed E-state index contributed by atoms with van der Waals surface area (Å²) in [5, 5.41) is 12.1. The number of carbonyl (C=O) groups is 2. The van der Waals surface area contributed by atoms with Crippen LogP contribution in [0.1, 0.15) is 0 Å². The second kappa shape index (κ2) is 7.78. The largest absolute Gasteiger partial charge is 0.466 e. The molecule has 0 aliphatic carbocycles. The number of aliphatic hydroxyl groups is 1. The molecule has 23 heavy (non-hydrogen) atoms. The third kappa shape index (κ3) is 3.96. The summed E-state index contributed by atoms with van der Waals surface area (Å²) >= 11 is 10.2. The van der Waals surface area contributed by atoms with Gasteiger partial charge in [-0.1, -0.05) is 15.9 Å². The van der Waals surface area contributed by atoms with Gasteiger partial charge in [0.25, 0.3) is 5.91 Å². The molecule has 0 fully saturated rings. The highest BCUT2D eigenvalue weighted by Crippen LogP contribution is 2.36. The average molecular weight is 513 g/mol. The number of hydrogen-bond donors (Lipinski definition) is 2. The van der Waals surface area contributed by atoms with Gasteiger partial charge in [-0.3, -0.25) is 4.79 Å². The summed E-state index contributed by atoms with van der Waals surface area (Å²) < 4.78 is 7.02. The lowest BCUT2D eigenvalue weighted by Crippen LogP contribution is -2.31. The van der Waals surface area contributed by atoms with Crippen LogP contribution in [0, 0.1) is 0 Å². The highest BCUT2D eigenvalue weighted by atomic mass is 79.9. The van der Waals surface area contributed by atoms with Gasteiger partial charge in [0.05, 0.1) is 31.5 Å². The first-order chi connectivity index (χ1) is 10.9. The van der Waals surface area contributed by atoms with Crippen molar-refractivity contribution in [2.24, 2.45) is 0 Å². The van der Waals surface area contributed by atoms with Gasteiger partial charge in [-0.25, -0.2) is 4.79 Å². The summed E-state index contributed by atoms with van der Waals surface area (Å²) in [5.41, 5.74) is 0.991. The van der Waals surface area contributed by atoms with Crippen LogP contribution in [-0.2, 0) is 14.3 Å². The topological polar surface area (TPSA) is 78.9 Å². The van der Waals surface area contributed by atoms with Crippen LogP contribution in [0.4, 0.5) is 5.69 Å². The van der Waals surface area contributed by atoms with E-state index in [2.05, 4.69) is 53.1 Å². The molecule has 0 bridgehead atoms. The lowest BCUT2D eigenvalue weighted by molar-refractivity contribution is -0.136. The molecule has 1 aliphatic rings. The summed E-state index contributed by atoms with van der Waals surface area (Å²) in [6, 6.07) is 3.63. The molecule has 0 radical (unpaired) electrons. The molecule has 0 saturated heterocycles. The SMILES string of the molecule is COC(=O)C1=C(Nc2c(Br)cc(Br)cc2Br)C(=O)N(CCO)C1. The molecule has 1 aromatic rings. The first-order valence-corrected chi connectivity index (χ1v) is 8.90. The number of esters is 1. The van der Waals surface area contributed by atoms with Crippen LogP contribution in [0.3, 0.4) is 0 Å². The Morgan fingerprint density at radius 1 is 1.35 bits per heavy atom. The van der Waals surface area contributed by atoms with E-state index in [9.17, 15) is 9.59 Å². The molecule has 1 aliphatic heterocycles. The molecule has 0 spiro atoms. The number of rotatable bonds is 5. The Hall–Kier alpha value is -0.900. The summed E-state index contributed by atoms with van der Waals surface area (Å²) in [6.07, 6.45) is 0. The van der Waals surface area contributed by atoms with Gasteiger partial charge >= 0.3 is 5.97 Å². The van der Waals surface area contributed by atoms with Crippen LogP contribution in [0.5, 0.6) is 0 Å². The first-order valence-electron chi connectivity index (χ1n) is 6.52. The molecular formula is C14H13Br3N2O4. The molecule has 1 aromatic carbocycles. The smallest absolute Gasteiger partial charge is 0.337 e. The predicted molar refractivity (Wildman–Crippen MR) is 95.9 cm³/mol. The molecule has 0 atom stereocenters. The molecular weight excluding hydrogens is 500 g/mol. The van der Waals surface area contributed by atoms with Crippen molar-refractivity contribution in [3.8, 4) is 0 Å². The van der Waals surface area contributed by atoms with Crippen LogP contribution in [-0.4, -0.2) is 48.7 Å². The van der Waals surface area contributed by atoms with E-state index in [0.29, 0.717) is 14.6 Å². The Bertz CT molecular complexity index is 668. The number of hydrogen-bond acceptors (Lipinski definition) is 5. The molecule has 2 rings (SSSR count). The quantitative estimate of drug-likeness (QED) is 0.593. The van der Waals surface area contributed by atoms with Crippen molar-refractivity contribution in [2.75, 3.05) is 32.1 Å². The second-order valence-electron chi connectivity index (χ2n) is 4.66. The van der Waals surface area contributed by atoms with E-state index in [1.807, 2.05) is 12.1 Å². The highest BCUT2D eigenvalue weighted by molar-refractivity contribution is 9.11. The third-order valence-electron chi connectivity index (χ3n) is 3.21. The number of anilines is 1. The van der Waals surface area contributed by atoms with Crippen LogP contribution >= 0.6 is 47.8 Å².